The third-order valence-corrected chi connectivity index (χ3v) is 7.52. The minimum absolute atomic E-state index is 0.0151. The molecule has 0 spiro atoms. The Morgan fingerprint density at radius 3 is 2.36 bits per heavy atom. The Kier molecular flexibility index (Phi) is 13.7. The van der Waals surface area contributed by atoms with Crippen molar-refractivity contribution in [3.8, 4) is 11.1 Å². The van der Waals surface area contributed by atoms with Gasteiger partial charge in [0.1, 0.15) is 6.04 Å². The molecule has 2 aromatic carbocycles. The van der Waals surface area contributed by atoms with Gasteiger partial charge in [-0.25, -0.2) is 0 Å². The molecule has 1 aliphatic rings. The number of hydrogen-bond donors (Lipinski definition) is 1. The number of para-hydroxylation sites is 1. The van der Waals surface area contributed by atoms with E-state index < -0.39 is 6.04 Å². The Morgan fingerprint density at radius 2 is 1.74 bits per heavy atom. The Hall–Kier alpha value is -3.25. The van der Waals surface area contributed by atoms with Crippen LogP contribution in [-0.4, -0.2) is 39.6 Å². The molecule has 3 aromatic rings. The van der Waals surface area contributed by atoms with E-state index >= 15 is 0 Å². The van der Waals surface area contributed by atoms with Gasteiger partial charge in [-0.15, -0.1) is 6.58 Å². The lowest BCUT2D eigenvalue weighted by atomic mass is 10.0. The molecule has 39 heavy (non-hydrogen) atoms. The summed E-state index contributed by atoms with van der Waals surface area (Å²) < 4.78 is 2.07. The maximum Gasteiger partial charge on any atom is 0.247 e. The summed E-state index contributed by atoms with van der Waals surface area (Å²) in [7, 11) is 2.01. The van der Waals surface area contributed by atoms with Gasteiger partial charge in [0.05, 0.1) is 10.8 Å². The molecule has 0 bridgehead atoms. The molecular weight excluding hydrogens is 502 g/mol. The number of hydrogen-bond acceptors (Lipinski definition) is 3. The molecule has 0 saturated carbocycles. The summed E-state index contributed by atoms with van der Waals surface area (Å²) in [6.45, 7) is 14.5. The van der Waals surface area contributed by atoms with E-state index in [1.807, 2.05) is 81.6 Å². The number of benzene rings is 2. The summed E-state index contributed by atoms with van der Waals surface area (Å²) in [5.74, 6) is 0.683. The molecule has 4 rings (SSSR count). The highest BCUT2D eigenvalue weighted by Gasteiger charge is 2.34. The minimum atomic E-state index is -0.429. The predicted octanol–water partition coefficient (Wildman–Crippen LogP) is 8.15. The summed E-state index contributed by atoms with van der Waals surface area (Å²) in [4.78, 5) is 28.0. The van der Waals surface area contributed by atoms with E-state index in [1.165, 1.54) is 17.3 Å². The molecule has 2 amide bonds. The van der Waals surface area contributed by atoms with Crippen LogP contribution < -0.4 is 5.32 Å². The van der Waals surface area contributed by atoms with Crippen LogP contribution in [0.2, 0.25) is 0 Å². The Balaban J connectivity index is 0.000000815. The van der Waals surface area contributed by atoms with E-state index in [2.05, 4.69) is 49.5 Å². The first-order chi connectivity index (χ1) is 18.8. The quantitative estimate of drug-likeness (QED) is 0.229. The van der Waals surface area contributed by atoms with Crippen LogP contribution in [-0.2, 0) is 16.6 Å². The smallest absolute Gasteiger partial charge is 0.247 e. The zero-order valence-electron chi connectivity index (χ0n) is 24.4. The standard InChI is InChI=1S/C27H31N3O2S.C4H8.C2H6/c1-19(2)21-16-26(29(3)17-21)33-18-25(31)30-15-9-14-24(30)27(32)28-23-13-8-7-12-22(23)20-10-5-4-6-11-20;1-3-4-2;1-2/h4-8,10-13,16-17,19,24H,9,14-15,18H2,1-3H3,(H,28,32);3H,1,4H2,2H3;1-2H3/t24-;;/m0../s1. The summed E-state index contributed by atoms with van der Waals surface area (Å²) >= 11 is 1.54. The molecule has 0 aliphatic carbocycles. The first kappa shape index (κ1) is 32.0. The average molecular weight is 548 g/mol. The molecule has 1 fully saturated rings. The number of anilines is 1. The lowest BCUT2D eigenvalue weighted by Crippen LogP contribution is -2.44. The van der Waals surface area contributed by atoms with Gasteiger partial charge in [-0.3, -0.25) is 9.59 Å². The molecule has 1 aromatic heterocycles. The Labute approximate surface area is 239 Å². The highest BCUT2D eigenvalue weighted by atomic mass is 32.2. The molecule has 1 N–H and O–H groups in total. The molecule has 5 nitrogen and oxygen atoms in total. The second-order valence-corrected chi connectivity index (χ2v) is 10.5. The van der Waals surface area contributed by atoms with Gasteiger partial charge < -0.3 is 14.8 Å². The van der Waals surface area contributed by atoms with Crippen LogP contribution in [0.3, 0.4) is 0 Å². The third kappa shape index (κ3) is 9.17. The number of carbonyl (C=O) groups is 2. The zero-order chi connectivity index (χ0) is 28.8. The maximum absolute atomic E-state index is 13.2. The lowest BCUT2D eigenvalue weighted by Gasteiger charge is -2.24. The highest BCUT2D eigenvalue weighted by Crippen LogP contribution is 2.30. The maximum atomic E-state index is 13.2. The summed E-state index contributed by atoms with van der Waals surface area (Å²) in [5.41, 5.74) is 4.06. The first-order valence-electron chi connectivity index (χ1n) is 14.0. The van der Waals surface area contributed by atoms with Crippen LogP contribution in [0.4, 0.5) is 5.69 Å². The van der Waals surface area contributed by atoms with E-state index in [4.69, 9.17) is 0 Å². The number of amides is 2. The van der Waals surface area contributed by atoms with E-state index in [1.54, 1.807) is 4.90 Å². The molecule has 210 valence electrons. The Bertz CT molecular complexity index is 1190. The number of likely N-dealkylation sites (tertiary alicyclic amines) is 1. The normalized spacial score (nSPS) is 14.1. The van der Waals surface area contributed by atoms with Crippen LogP contribution in [0.5, 0.6) is 0 Å². The van der Waals surface area contributed by atoms with E-state index in [9.17, 15) is 9.59 Å². The summed E-state index contributed by atoms with van der Waals surface area (Å²) in [6.07, 6.45) is 6.61. The van der Waals surface area contributed by atoms with Gasteiger partial charge in [0, 0.05) is 31.0 Å². The van der Waals surface area contributed by atoms with Crippen molar-refractivity contribution in [1.82, 2.24) is 9.47 Å². The van der Waals surface area contributed by atoms with Crippen molar-refractivity contribution in [2.45, 2.75) is 70.9 Å². The second-order valence-electron chi connectivity index (χ2n) is 9.51. The van der Waals surface area contributed by atoms with Gasteiger partial charge >= 0.3 is 0 Å². The molecule has 0 unspecified atom stereocenters. The molecule has 1 aliphatic heterocycles. The molecule has 6 heteroatoms. The van der Waals surface area contributed by atoms with Crippen molar-refractivity contribution in [2.75, 3.05) is 17.6 Å². The van der Waals surface area contributed by atoms with Crippen molar-refractivity contribution in [1.29, 1.82) is 0 Å². The topological polar surface area (TPSA) is 54.3 Å². The number of carbonyl (C=O) groups excluding carboxylic acids is 2. The number of aromatic nitrogens is 1. The molecule has 0 radical (unpaired) electrons. The van der Waals surface area contributed by atoms with Gasteiger partial charge in [0.2, 0.25) is 11.8 Å². The predicted molar refractivity (Wildman–Crippen MR) is 167 cm³/mol. The van der Waals surface area contributed by atoms with Crippen molar-refractivity contribution in [2.24, 2.45) is 7.05 Å². The van der Waals surface area contributed by atoms with Gasteiger partial charge in [0.25, 0.3) is 0 Å². The zero-order valence-corrected chi connectivity index (χ0v) is 25.3. The number of nitrogens with zero attached hydrogens (tertiary/aromatic N) is 2. The number of nitrogens with one attached hydrogen (secondary N) is 1. The first-order valence-corrected chi connectivity index (χ1v) is 15.0. The fourth-order valence-electron chi connectivity index (χ4n) is 4.26. The van der Waals surface area contributed by atoms with Crippen LogP contribution in [0.25, 0.3) is 11.1 Å². The van der Waals surface area contributed by atoms with E-state index in [0.29, 0.717) is 24.6 Å². The second kappa shape index (κ2) is 16.7. The van der Waals surface area contributed by atoms with Gasteiger partial charge in [-0.2, -0.15) is 0 Å². The van der Waals surface area contributed by atoms with Gasteiger partial charge in [-0.1, -0.05) is 101 Å². The van der Waals surface area contributed by atoms with Crippen molar-refractivity contribution in [3.05, 3.63) is 85.1 Å². The largest absolute Gasteiger partial charge is 0.346 e. The number of rotatable bonds is 8. The fraction of sp³-hybridized carbons (Fsp3) is 0.394. The van der Waals surface area contributed by atoms with E-state index in [-0.39, 0.29) is 11.8 Å². The van der Waals surface area contributed by atoms with Crippen LogP contribution in [0.1, 0.15) is 65.4 Å². The molecule has 2 heterocycles. The van der Waals surface area contributed by atoms with Crippen LogP contribution >= 0.6 is 11.8 Å². The van der Waals surface area contributed by atoms with Crippen molar-refractivity contribution < 1.29 is 9.59 Å². The minimum Gasteiger partial charge on any atom is -0.346 e. The monoisotopic (exact) mass is 547 g/mol. The molecule has 1 atom stereocenters. The van der Waals surface area contributed by atoms with Crippen molar-refractivity contribution in [3.63, 3.8) is 0 Å². The van der Waals surface area contributed by atoms with Crippen molar-refractivity contribution >= 4 is 29.3 Å². The average Bonchev–Trinajstić information content (AvgIpc) is 3.61. The Morgan fingerprint density at radius 1 is 1.10 bits per heavy atom. The SMILES string of the molecule is C=CCC.CC.CC(C)c1cc(SCC(=O)N2CCC[C@H]2C(=O)Nc2ccccc2-c2ccccc2)n(C)c1. The number of aryl methyl sites for hydroxylation is 1. The summed E-state index contributed by atoms with van der Waals surface area (Å²) in [6, 6.07) is 19.5. The van der Waals surface area contributed by atoms with Gasteiger partial charge in [-0.05, 0) is 48.4 Å². The molecular formula is C33H45N3O2S. The fourth-order valence-corrected chi connectivity index (χ4v) is 5.18. The summed E-state index contributed by atoms with van der Waals surface area (Å²) in [5, 5.41) is 4.16. The highest BCUT2D eigenvalue weighted by molar-refractivity contribution is 7.99. The molecule has 1 saturated heterocycles. The number of allylic oxidation sites excluding steroid dienone is 1. The van der Waals surface area contributed by atoms with Crippen LogP contribution in [0.15, 0.2) is 84.5 Å². The van der Waals surface area contributed by atoms with Crippen LogP contribution in [0, 0.1) is 0 Å². The lowest BCUT2D eigenvalue weighted by molar-refractivity contribution is -0.134. The third-order valence-electron chi connectivity index (χ3n) is 6.42. The van der Waals surface area contributed by atoms with Gasteiger partial charge in [0.15, 0.2) is 0 Å². The number of thioether (sulfide) groups is 1. The van der Waals surface area contributed by atoms with E-state index in [0.717, 1.165) is 34.7 Å².